The lowest BCUT2D eigenvalue weighted by Crippen LogP contribution is -2.35. The van der Waals surface area contributed by atoms with Crippen LogP contribution in [0.1, 0.15) is 41.1 Å². The number of aryl methyl sites for hydroxylation is 3. The number of carbonyl (C=O) groups is 1. The first kappa shape index (κ1) is 20.6. The van der Waals surface area contributed by atoms with E-state index < -0.39 is 0 Å². The van der Waals surface area contributed by atoms with Crippen LogP contribution in [0.2, 0.25) is 0 Å². The van der Waals surface area contributed by atoms with Gasteiger partial charge in [0.05, 0.1) is 17.8 Å². The van der Waals surface area contributed by atoms with Crippen LogP contribution in [0.25, 0.3) is 10.2 Å². The van der Waals surface area contributed by atoms with Gasteiger partial charge in [-0.1, -0.05) is 54.1 Å². The molecule has 6 heteroatoms. The number of aromatic nitrogens is 2. The molecule has 0 saturated carbocycles. The monoisotopic (exact) mass is 443 g/mol. The summed E-state index contributed by atoms with van der Waals surface area (Å²) in [5.74, 6) is 0.0598. The molecule has 0 radical (unpaired) electrons. The average molecular weight is 444 g/mol. The molecule has 32 heavy (non-hydrogen) atoms. The van der Waals surface area contributed by atoms with Crippen molar-refractivity contribution in [2.24, 2.45) is 0 Å². The van der Waals surface area contributed by atoms with Crippen LogP contribution in [-0.2, 0) is 24.3 Å². The van der Waals surface area contributed by atoms with Gasteiger partial charge in [-0.15, -0.1) is 11.3 Å². The molecule has 4 aromatic rings. The molecule has 5 nitrogen and oxygen atoms in total. The first-order valence-electron chi connectivity index (χ1n) is 11.0. The maximum absolute atomic E-state index is 13.5. The number of benzene rings is 2. The van der Waals surface area contributed by atoms with E-state index in [1.165, 1.54) is 28.0 Å². The van der Waals surface area contributed by atoms with Crippen LogP contribution < -0.4 is 5.56 Å². The molecule has 1 unspecified atom stereocenters. The van der Waals surface area contributed by atoms with E-state index in [1.807, 2.05) is 16.3 Å². The number of nitrogens with zero attached hydrogens (tertiary/aromatic N) is 3. The van der Waals surface area contributed by atoms with Gasteiger partial charge in [0.15, 0.2) is 0 Å². The van der Waals surface area contributed by atoms with Crippen LogP contribution >= 0.6 is 11.3 Å². The van der Waals surface area contributed by atoms with Crippen LogP contribution in [0.3, 0.4) is 0 Å². The summed E-state index contributed by atoms with van der Waals surface area (Å²) in [6, 6.07) is 18.6. The predicted octanol–water partition coefficient (Wildman–Crippen LogP) is 4.87. The molecular weight excluding hydrogens is 418 g/mol. The molecule has 2 aromatic carbocycles. The topological polar surface area (TPSA) is 55.2 Å². The fraction of sp³-hybridized carbons (Fsp3) is 0.269. The standard InChI is InChI=1S/C26H25N3O2S/c1-18-6-8-19(9-7-18)16-29(23-11-10-20-4-2-3-5-21(20)23)24(30)12-14-28-17-27-25-22(26(28)31)13-15-32-25/h2-9,13,15,17,23H,10-12,14,16H2,1H3. The number of rotatable bonds is 6. The highest BCUT2D eigenvalue weighted by Crippen LogP contribution is 2.36. The van der Waals surface area contributed by atoms with E-state index >= 15 is 0 Å². The molecule has 1 aliphatic carbocycles. The van der Waals surface area contributed by atoms with Gasteiger partial charge in [0.2, 0.25) is 5.91 Å². The number of thiophene rings is 1. The van der Waals surface area contributed by atoms with Gasteiger partial charge in [0.25, 0.3) is 5.56 Å². The van der Waals surface area contributed by atoms with Crippen LogP contribution in [0, 0.1) is 6.92 Å². The van der Waals surface area contributed by atoms with Crippen molar-refractivity contribution in [3.63, 3.8) is 0 Å². The second kappa shape index (κ2) is 8.71. The average Bonchev–Trinajstić information content (AvgIpc) is 3.46. The van der Waals surface area contributed by atoms with Crippen molar-refractivity contribution in [1.29, 1.82) is 0 Å². The minimum Gasteiger partial charge on any atom is -0.331 e. The quantitative estimate of drug-likeness (QED) is 0.427. The van der Waals surface area contributed by atoms with Gasteiger partial charge in [-0.05, 0) is 47.9 Å². The molecule has 0 bridgehead atoms. The Morgan fingerprint density at radius 3 is 2.81 bits per heavy atom. The van der Waals surface area contributed by atoms with Crippen molar-refractivity contribution in [1.82, 2.24) is 14.5 Å². The number of fused-ring (bicyclic) bond motifs is 2. The van der Waals surface area contributed by atoms with Gasteiger partial charge in [-0.25, -0.2) is 4.98 Å². The summed E-state index contributed by atoms with van der Waals surface area (Å²) in [6.07, 6.45) is 3.74. The van der Waals surface area contributed by atoms with Gasteiger partial charge in [0.1, 0.15) is 4.83 Å². The minimum atomic E-state index is -0.0830. The van der Waals surface area contributed by atoms with E-state index in [0.717, 1.165) is 23.2 Å². The first-order valence-corrected chi connectivity index (χ1v) is 11.8. The Balaban J connectivity index is 1.40. The molecule has 1 amide bonds. The van der Waals surface area contributed by atoms with E-state index in [0.29, 0.717) is 18.5 Å². The third-order valence-electron chi connectivity index (χ3n) is 6.29. The van der Waals surface area contributed by atoms with Gasteiger partial charge < -0.3 is 4.90 Å². The van der Waals surface area contributed by atoms with Crippen molar-refractivity contribution in [2.75, 3.05) is 0 Å². The first-order chi connectivity index (χ1) is 15.6. The summed E-state index contributed by atoms with van der Waals surface area (Å²) < 4.78 is 1.56. The molecule has 2 heterocycles. The Morgan fingerprint density at radius 1 is 1.16 bits per heavy atom. The number of carbonyl (C=O) groups excluding carboxylic acids is 1. The zero-order valence-electron chi connectivity index (χ0n) is 18.0. The number of amides is 1. The molecule has 162 valence electrons. The summed E-state index contributed by atoms with van der Waals surface area (Å²) in [6.45, 7) is 2.96. The van der Waals surface area contributed by atoms with E-state index in [4.69, 9.17) is 0 Å². The van der Waals surface area contributed by atoms with Crippen LogP contribution in [0.5, 0.6) is 0 Å². The van der Waals surface area contributed by atoms with Crippen LogP contribution in [-0.4, -0.2) is 20.4 Å². The highest BCUT2D eigenvalue weighted by molar-refractivity contribution is 7.16. The lowest BCUT2D eigenvalue weighted by Gasteiger charge is -2.30. The second-order valence-corrected chi connectivity index (χ2v) is 9.29. The SMILES string of the molecule is Cc1ccc(CN(C(=O)CCn2cnc3sccc3c2=O)C2CCc3ccccc32)cc1. The van der Waals surface area contributed by atoms with Gasteiger partial charge >= 0.3 is 0 Å². The summed E-state index contributed by atoms with van der Waals surface area (Å²) in [7, 11) is 0. The molecule has 1 aliphatic rings. The highest BCUT2D eigenvalue weighted by Gasteiger charge is 2.30. The fourth-order valence-electron chi connectivity index (χ4n) is 4.53. The molecule has 5 rings (SSSR count). The molecule has 0 fully saturated rings. The summed E-state index contributed by atoms with van der Waals surface area (Å²) >= 11 is 1.45. The largest absolute Gasteiger partial charge is 0.331 e. The molecule has 0 aliphatic heterocycles. The second-order valence-electron chi connectivity index (χ2n) is 8.39. The summed E-state index contributed by atoms with van der Waals surface area (Å²) in [4.78, 5) is 33.3. The lowest BCUT2D eigenvalue weighted by atomic mass is 10.0. The van der Waals surface area contributed by atoms with Crippen molar-refractivity contribution < 1.29 is 4.79 Å². The van der Waals surface area contributed by atoms with Crippen molar-refractivity contribution in [3.8, 4) is 0 Å². The number of hydrogen-bond donors (Lipinski definition) is 0. The van der Waals surface area contributed by atoms with Crippen LogP contribution in [0.4, 0.5) is 0 Å². The minimum absolute atomic E-state index is 0.0598. The van der Waals surface area contributed by atoms with Gasteiger partial charge in [0, 0.05) is 19.5 Å². The Morgan fingerprint density at radius 2 is 1.97 bits per heavy atom. The van der Waals surface area contributed by atoms with E-state index in [1.54, 1.807) is 17.0 Å². The number of hydrogen-bond acceptors (Lipinski definition) is 4. The summed E-state index contributed by atoms with van der Waals surface area (Å²) in [5, 5.41) is 2.49. The molecule has 2 aromatic heterocycles. The molecule has 0 N–H and O–H groups in total. The molecule has 0 spiro atoms. The zero-order chi connectivity index (χ0) is 22.1. The van der Waals surface area contributed by atoms with E-state index in [2.05, 4.69) is 54.4 Å². The predicted molar refractivity (Wildman–Crippen MR) is 128 cm³/mol. The van der Waals surface area contributed by atoms with E-state index in [-0.39, 0.29) is 23.9 Å². The zero-order valence-corrected chi connectivity index (χ0v) is 18.8. The normalized spacial score (nSPS) is 15.1. The van der Waals surface area contributed by atoms with Crippen molar-refractivity contribution >= 4 is 27.5 Å². The van der Waals surface area contributed by atoms with Crippen LogP contribution in [0.15, 0.2) is 71.1 Å². The molecule has 0 saturated heterocycles. The Labute approximate surface area is 191 Å². The molecular formula is C26H25N3O2S. The van der Waals surface area contributed by atoms with Gasteiger partial charge in [-0.2, -0.15) is 0 Å². The van der Waals surface area contributed by atoms with Gasteiger partial charge in [-0.3, -0.25) is 14.2 Å². The maximum Gasteiger partial charge on any atom is 0.262 e. The lowest BCUT2D eigenvalue weighted by molar-refractivity contribution is -0.134. The Kier molecular flexibility index (Phi) is 5.62. The van der Waals surface area contributed by atoms with Crippen molar-refractivity contribution in [2.45, 2.75) is 45.3 Å². The third-order valence-corrected chi connectivity index (χ3v) is 7.11. The third kappa shape index (κ3) is 3.98. The highest BCUT2D eigenvalue weighted by atomic mass is 32.1. The Bertz CT molecular complexity index is 1320. The maximum atomic E-state index is 13.5. The smallest absolute Gasteiger partial charge is 0.262 e. The Hall–Kier alpha value is -3.25. The molecule has 1 atom stereocenters. The summed E-state index contributed by atoms with van der Waals surface area (Å²) in [5.41, 5.74) is 4.80. The fourth-order valence-corrected chi connectivity index (χ4v) is 5.26. The van der Waals surface area contributed by atoms with E-state index in [9.17, 15) is 9.59 Å². The van der Waals surface area contributed by atoms with Crippen molar-refractivity contribution in [3.05, 3.63) is 98.9 Å².